The van der Waals surface area contributed by atoms with Crippen molar-refractivity contribution in [3.05, 3.63) is 52.1 Å². The van der Waals surface area contributed by atoms with E-state index in [1.807, 2.05) is 12.1 Å². The monoisotopic (exact) mass is 520 g/mol. The summed E-state index contributed by atoms with van der Waals surface area (Å²) in [6.07, 6.45) is 0. The highest BCUT2D eigenvalue weighted by atomic mass is 127. The summed E-state index contributed by atoms with van der Waals surface area (Å²) in [4.78, 5) is 0. The van der Waals surface area contributed by atoms with Gasteiger partial charge in [-0.15, -0.1) is 0 Å². The smallest absolute Gasteiger partial charge is 0.394 e. The van der Waals surface area contributed by atoms with E-state index in [-0.39, 0.29) is 5.60 Å². The van der Waals surface area contributed by atoms with E-state index in [4.69, 9.17) is 22.3 Å². The van der Waals surface area contributed by atoms with Gasteiger partial charge in [0.2, 0.25) is 0 Å². The van der Waals surface area contributed by atoms with Crippen LogP contribution in [0.4, 0.5) is 13.2 Å². The summed E-state index contributed by atoms with van der Waals surface area (Å²) in [5.74, 6) is 0.914. The van der Waals surface area contributed by atoms with Gasteiger partial charge in [0.25, 0.3) is 0 Å². The average Bonchev–Trinajstić information content (AvgIpc) is 2.45. The van der Waals surface area contributed by atoms with E-state index >= 15 is 0 Å². The maximum Gasteiger partial charge on any atom is 0.394 e. The molecule has 0 fully saturated rings. The van der Waals surface area contributed by atoms with E-state index in [0.29, 0.717) is 0 Å². The molecule has 0 amide bonds. The molecule has 0 radical (unpaired) electrons. The van der Waals surface area contributed by atoms with Crippen LogP contribution in [0.1, 0.15) is 20.8 Å². The first-order valence-electron chi connectivity index (χ1n) is 7.35. The third-order valence-electron chi connectivity index (χ3n) is 2.46. The highest BCUT2D eigenvalue weighted by Crippen LogP contribution is 2.27. The molecular weight excluding hydrogens is 500 g/mol. The van der Waals surface area contributed by atoms with Crippen LogP contribution in [0.3, 0.4) is 0 Å². The molecule has 27 heavy (non-hydrogen) atoms. The topological polar surface area (TPSA) is 83.8 Å². The molecule has 2 aromatic carbocycles. The van der Waals surface area contributed by atoms with Crippen molar-refractivity contribution in [2.24, 2.45) is 0 Å². The van der Waals surface area contributed by atoms with Gasteiger partial charge >= 0.3 is 17.1 Å². The van der Waals surface area contributed by atoms with Gasteiger partial charge in [-0.1, -0.05) is 30.3 Å². The maximum absolute atomic E-state index is 9.67. The zero-order valence-corrected chi connectivity index (χ0v) is 17.7. The fraction of sp³-hybridized carbons (Fsp3) is 0.294. The van der Waals surface area contributed by atoms with Gasteiger partial charge in [-0.25, -0.2) is 0 Å². The summed E-state index contributed by atoms with van der Waals surface area (Å²) in [6.45, 7) is 2.50. The van der Waals surface area contributed by atoms with Gasteiger partial charge in [0.05, 0.1) is 0 Å². The van der Waals surface area contributed by atoms with Crippen LogP contribution in [0, 0.1) is 3.57 Å². The molecule has 152 valence electrons. The first-order valence-corrected chi connectivity index (χ1v) is 9.82. The minimum atomic E-state index is -4.67. The number of alkyl halides is 3. The lowest BCUT2D eigenvalue weighted by Gasteiger charge is -2.21. The SMILES string of the molecule is CC(C)(C)Oc1ccc(-c2ccccc2I)cc1.FC(F)F.O=S(=O)(O)O. The molecule has 2 N–H and O–H groups in total. The molecule has 0 saturated carbocycles. The summed E-state index contributed by atoms with van der Waals surface area (Å²) >= 11 is 2.36. The number of hydrogen-bond donors (Lipinski definition) is 2. The van der Waals surface area contributed by atoms with Gasteiger partial charge in [0.1, 0.15) is 11.4 Å². The predicted molar refractivity (Wildman–Crippen MR) is 106 cm³/mol. The first-order chi connectivity index (χ1) is 12.2. The van der Waals surface area contributed by atoms with Crippen molar-refractivity contribution in [3.8, 4) is 16.9 Å². The minimum absolute atomic E-state index is 0.150. The van der Waals surface area contributed by atoms with Gasteiger partial charge < -0.3 is 4.74 Å². The van der Waals surface area contributed by atoms with Crippen molar-refractivity contribution >= 4 is 33.0 Å². The van der Waals surface area contributed by atoms with Crippen LogP contribution in [-0.2, 0) is 10.4 Å². The molecule has 0 atom stereocenters. The van der Waals surface area contributed by atoms with Gasteiger partial charge in [0, 0.05) is 3.57 Å². The number of halogens is 4. The van der Waals surface area contributed by atoms with Crippen LogP contribution in [0.2, 0.25) is 0 Å². The second-order valence-corrected chi connectivity index (χ2v) is 7.97. The van der Waals surface area contributed by atoms with Gasteiger partial charge in [-0.05, 0) is 72.7 Å². The normalized spacial score (nSPS) is 11.0. The van der Waals surface area contributed by atoms with E-state index in [1.54, 1.807) is 0 Å². The number of hydrogen-bond acceptors (Lipinski definition) is 3. The Morgan fingerprint density at radius 1 is 0.963 bits per heavy atom. The fourth-order valence-electron chi connectivity index (χ4n) is 1.75. The highest BCUT2D eigenvalue weighted by Gasteiger charge is 2.11. The van der Waals surface area contributed by atoms with E-state index < -0.39 is 17.1 Å². The molecule has 0 aliphatic heterocycles. The second-order valence-electron chi connectivity index (χ2n) is 5.91. The maximum atomic E-state index is 9.67. The van der Waals surface area contributed by atoms with E-state index in [9.17, 15) is 13.2 Å². The fourth-order valence-corrected chi connectivity index (χ4v) is 2.45. The molecule has 0 aliphatic carbocycles. The Bertz CT molecular complexity index is 780. The van der Waals surface area contributed by atoms with E-state index in [0.717, 1.165) is 5.75 Å². The summed E-state index contributed by atoms with van der Waals surface area (Å²) in [5.41, 5.74) is 2.34. The molecule has 0 heterocycles. The summed E-state index contributed by atoms with van der Waals surface area (Å²) in [7, 11) is -4.67. The molecule has 0 aromatic heterocycles. The predicted octanol–water partition coefficient (Wildman–Crippen LogP) is 5.66. The van der Waals surface area contributed by atoms with Gasteiger partial charge in [0.15, 0.2) is 0 Å². The largest absolute Gasteiger partial charge is 0.488 e. The summed E-state index contributed by atoms with van der Waals surface area (Å²) in [6, 6.07) is 16.7. The second kappa shape index (κ2) is 11.5. The lowest BCUT2D eigenvalue weighted by molar-refractivity contribution is 0.00818. The first kappa shape index (κ1) is 25.6. The molecular formula is C17H20F3IO5S. The van der Waals surface area contributed by atoms with Crippen molar-refractivity contribution in [1.29, 1.82) is 0 Å². The molecule has 10 heteroatoms. The standard InChI is InChI=1S/C16H17IO.CHF3.H2O4S/c1-16(2,3)18-13-10-8-12(9-11-13)14-6-4-5-7-15(14)17;2-1(3)4;1-5(2,3)4/h4-11H,1-3H3;1H;(H2,1,2,3,4). The number of rotatable bonds is 2. The van der Waals surface area contributed by atoms with Crippen LogP contribution >= 0.6 is 22.6 Å². The molecule has 0 bridgehead atoms. The Labute approximate surface area is 170 Å². The average molecular weight is 520 g/mol. The number of benzene rings is 2. The van der Waals surface area contributed by atoms with Crippen LogP contribution < -0.4 is 4.74 Å². The van der Waals surface area contributed by atoms with Gasteiger partial charge in [-0.3, -0.25) is 9.11 Å². The zero-order valence-electron chi connectivity index (χ0n) is 14.7. The molecule has 0 unspecified atom stereocenters. The van der Waals surface area contributed by atoms with Crippen molar-refractivity contribution in [3.63, 3.8) is 0 Å². The quantitative estimate of drug-likeness (QED) is 0.395. The Balaban J connectivity index is 0.000000630. The van der Waals surface area contributed by atoms with Crippen molar-refractivity contribution in [2.75, 3.05) is 0 Å². The molecule has 2 aromatic rings. The molecule has 2 rings (SSSR count). The highest BCUT2D eigenvalue weighted by molar-refractivity contribution is 14.1. The number of ether oxygens (including phenoxy) is 1. The Morgan fingerprint density at radius 2 is 1.37 bits per heavy atom. The third-order valence-corrected chi connectivity index (χ3v) is 3.40. The zero-order chi connectivity index (χ0) is 21.3. The lowest BCUT2D eigenvalue weighted by Crippen LogP contribution is -2.22. The third kappa shape index (κ3) is 15.4. The Kier molecular flexibility index (Phi) is 10.9. The van der Waals surface area contributed by atoms with Crippen LogP contribution in [0.15, 0.2) is 48.5 Å². The van der Waals surface area contributed by atoms with Crippen LogP contribution in [0.25, 0.3) is 11.1 Å². The van der Waals surface area contributed by atoms with E-state index in [2.05, 4.69) is 79.8 Å². The Morgan fingerprint density at radius 3 is 1.74 bits per heavy atom. The van der Waals surface area contributed by atoms with E-state index in [1.165, 1.54) is 14.7 Å². The molecule has 0 aliphatic rings. The van der Waals surface area contributed by atoms with Crippen LogP contribution in [-0.4, -0.2) is 29.8 Å². The molecule has 0 spiro atoms. The molecule has 0 saturated heterocycles. The lowest BCUT2D eigenvalue weighted by atomic mass is 10.1. The minimum Gasteiger partial charge on any atom is -0.488 e. The Hall–Kier alpha value is -1.37. The summed E-state index contributed by atoms with van der Waals surface area (Å²) in [5, 5.41) is 0. The van der Waals surface area contributed by atoms with Crippen molar-refractivity contribution < 1.29 is 35.4 Å². The van der Waals surface area contributed by atoms with Crippen molar-refractivity contribution in [2.45, 2.75) is 33.1 Å². The van der Waals surface area contributed by atoms with Crippen molar-refractivity contribution in [1.82, 2.24) is 0 Å². The van der Waals surface area contributed by atoms with Crippen LogP contribution in [0.5, 0.6) is 5.75 Å². The summed E-state index contributed by atoms with van der Waals surface area (Å²) < 4.78 is 67.7. The molecule has 5 nitrogen and oxygen atoms in total. The van der Waals surface area contributed by atoms with Gasteiger partial charge in [-0.2, -0.15) is 21.6 Å².